The molecule has 0 saturated carbocycles. The molecule has 19 heavy (non-hydrogen) atoms. The lowest BCUT2D eigenvalue weighted by Gasteiger charge is -2.15. The zero-order valence-corrected chi connectivity index (χ0v) is 13.0. The first kappa shape index (κ1) is 16.2. The molecule has 5 nitrogen and oxygen atoms in total. The summed E-state index contributed by atoms with van der Waals surface area (Å²) in [5, 5.41) is 18.6. The topological polar surface area (TPSA) is 76.0 Å². The third-order valence-electron chi connectivity index (χ3n) is 2.23. The van der Waals surface area contributed by atoms with Crippen LogP contribution in [-0.2, 0) is 4.74 Å². The Morgan fingerprint density at radius 3 is 2.63 bits per heavy atom. The highest BCUT2D eigenvalue weighted by Crippen LogP contribution is 2.22. The van der Waals surface area contributed by atoms with Gasteiger partial charge in [0.15, 0.2) is 0 Å². The standard InChI is InChI=1S/C13H17IO5/c1-8(2)18-6-10(15)7-19-12-5-9(13(16)17)3-4-11(12)14/h3-5,8,10,15H,6-7H2,1-2H3,(H,16,17). The van der Waals surface area contributed by atoms with Crippen LogP contribution in [0.3, 0.4) is 0 Å². The third-order valence-corrected chi connectivity index (χ3v) is 3.12. The zero-order chi connectivity index (χ0) is 14.4. The van der Waals surface area contributed by atoms with Gasteiger partial charge < -0.3 is 19.7 Å². The molecular formula is C13H17IO5. The largest absolute Gasteiger partial charge is 0.490 e. The van der Waals surface area contributed by atoms with Gasteiger partial charge in [-0.25, -0.2) is 4.79 Å². The molecule has 0 amide bonds. The first-order valence-corrected chi connectivity index (χ1v) is 6.93. The van der Waals surface area contributed by atoms with Crippen LogP contribution in [-0.4, -0.2) is 41.6 Å². The minimum atomic E-state index is -1.01. The predicted octanol–water partition coefficient (Wildman–Crippen LogP) is 2.15. The number of aliphatic hydroxyl groups is 1. The van der Waals surface area contributed by atoms with Crippen molar-refractivity contribution in [3.63, 3.8) is 0 Å². The molecule has 0 spiro atoms. The van der Waals surface area contributed by atoms with Crippen LogP contribution in [0.5, 0.6) is 5.75 Å². The van der Waals surface area contributed by atoms with E-state index < -0.39 is 12.1 Å². The summed E-state index contributed by atoms with van der Waals surface area (Å²) in [6.45, 7) is 4.01. The molecular weight excluding hydrogens is 363 g/mol. The molecule has 0 heterocycles. The quantitative estimate of drug-likeness (QED) is 0.710. The molecule has 0 aliphatic carbocycles. The number of carbonyl (C=O) groups is 1. The van der Waals surface area contributed by atoms with E-state index in [4.69, 9.17) is 14.6 Å². The lowest BCUT2D eigenvalue weighted by Crippen LogP contribution is -2.25. The van der Waals surface area contributed by atoms with Crippen molar-refractivity contribution in [1.29, 1.82) is 0 Å². The maximum absolute atomic E-state index is 10.9. The number of ether oxygens (including phenoxy) is 2. The molecule has 0 saturated heterocycles. The van der Waals surface area contributed by atoms with E-state index in [1.165, 1.54) is 12.1 Å². The Hall–Kier alpha value is -0.860. The van der Waals surface area contributed by atoms with Crippen molar-refractivity contribution in [2.24, 2.45) is 0 Å². The van der Waals surface area contributed by atoms with Crippen LogP contribution in [0.2, 0.25) is 0 Å². The molecule has 1 atom stereocenters. The molecule has 0 aliphatic heterocycles. The van der Waals surface area contributed by atoms with E-state index in [9.17, 15) is 9.90 Å². The van der Waals surface area contributed by atoms with Gasteiger partial charge >= 0.3 is 5.97 Å². The number of aromatic carboxylic acids is 1. The lowest BCUT2D eigenvalue weighted by molar-refractivity contribution is -0.0124. The number of carboxylic acids is 1. The van der Waals surface area contributed by atoms with E-state index in [0.29, 0.717) is 5.75 Å². The lowest BCUT2D eigenvalue weighted by atomic mass is 10.2. The van der Waals surface area contributed by atoms with Crippen molar-refractivity contribution in [2.75, 3.05) is 13.2 Å². The van der Waals surface area contributed by atoms with Crippen LogP contribution in [0.4, 0.5) is 0 Å². The average molecular weight is 380 g/mol. The third kappa shape index (κ3) is 5.75. The van der Waals surface area contributed by atoms with Crippen LogP contribution in [0.25, 0.3) is 0 Å². The van der Waals surface area contributed by atoms with Gasteiger partial charge in [-0.05, 0) is 54.6 Å². The average Bonchev–Trinajstić information content (AvgIpc) is 2.35. The van der Waals surface area contributed by atoms with Gasteiger partial charge in [0.1, 0.15) is 18.5 Å². The van der Waals surface area contributed by atoms with Gasteiger partial charge in [-0.2, -0.15) is 0 Å². The van der Waals surface area contributed by atoms with Gasteiger partial charge in [0, 0.05) is 0 Å². The summed E-state index contributed by atoms with van der Waals surface area (Å²) in [5.74, 6) is -0.561. The number of aliphatic hydroxyl groups excluding tert-OH is 1. The highest BCUT2D eigenvalue weighted by molar-refractivity contribution is 14.1. The number of benzene rings is 1. The SMILES string of the molecule is CC(C)OCC(O)COc1cc(C(=O)O)ccc1I. The number of carboxylic acid groups (broad SMARTS) is 1. The fourth-order valence-electron chi connectivity index (χ4n) is 1.28. The Balaban J connectivity index is 2.57. The van der Waals surface area contributed by atoms with Gasteiger partial charge in [0.25, 0.3) is 0 Å². The van der Waals surface area contributed by atoms with Crippen LogP contribution in [0, 0.1) is 3.57 Å². The molecule has 0 fully saturated rings. The van der Waals surface area contributed by atoms with E-state index >= 15 is 0 Å². The molecule has 0 bridgehead atoms. The smallest absolute Gasteiger partial charge is 0.335 e. The van der Waals surface area contributed by atoms with Gasteiger partial charge in [-0.1, -0.05) is 0 Å². The van der Waals surface area contributed by atoms with Crippen molar-refractivity contribution in [2.45, 2.75) is 26.1 Å². The summed E-state index contributed by atoms with van der Waals surface area (Å²) < 4.78 is 11.5. The number of hydrogen-bond donors (Lipinski definition) is 2. The number of hydrogen-bond acceptors (Lipinski definition) is 4. The summed E-state index contributed by atoms with van der Waals surface area (Å²) in [6.07, 6.45) is -0.697. The fourth-order valence-corrected chi connectivity index (χ4v) is 1.78. The molecule has 6 heteroatoms. The summed E-state index contributed by atoms with van der Waals surface area (Å²) >= 11 is 2.05. The molecule has 1 rings (SSSR count). The Kier molecular flexibility index (Phi) is 6.53. The van der Waals surface area contributed by atoms with Crippen molar-refractivity contribution < 1.29 is 24.5 Å². The van der Waals surface area contributed by atoms with Gasteiger partial charge in [-0.15, -0.1) is 0 Å². The second-order valence-electron chi connectivity index (χ2n) is 4.30. The molecule has 0 aliphatic rings. The highest BCUT2D eigenvalue weighted by Gasteiger charge is 2.11. The Morgan fingerprint density at radius 2 is 2.05 bits per heavy atom. The van der Waals surface area contributed by atoms with Crippen LogP contribution >= 0.6 is 22.6 Å². The first-order chi connectivity index (χ1) is 8.90. The second-order valence-corrected chi connectivity index (χ2v) is 5.46. The van der Waals surface area contributed by atoms with E-state index in [-0.39, 0.29) is 24.9 Å². The van der Waals surface area contributed by atoms with E-state index in [1.807, 2.05) is 36.4 Å². The summed E-state index contributed by atoms with van der Waals surface area (Å²) in [5.41, 5.74) is 0.156. The maximum Gasteiger partial charge on any atom is 0.335 e. The fraction of sp³-hybridized carbons (Fsp3) is 0.462. The Bertz CT molecular complexity index is 433. The predicted molar refractivity (Wildman–Crippen MR) is 78.7 cm³/mol. The summed E-state index contributed by atoms with van der Waals surface area (Å²) in [4.78, 5) is 10.9. The zero-order valence-electron chi connectivity index (χ0n) is 10.8. The number of rotatable bonds is 7. The van der Waals surface area contributed by atoms with Crippen molar-refractivity contribution in [3.05, 3.63) is 27.3 Å². The molecule has 1 aromatic carbocycles. The maximum atomic E-state index is 10.9. The van der Waals surface area contributed by atoms with Crippen LogP contribution in [0.15, 0.2) is 18.2 Å². The van der Waals surface area contributed by atoms with Gasteiger partial charge in [-0.3, -0.25) is 0 Å². The van der Waals surface area contributed by atoms with Crippen molar-refractivity contribution in [3.8, 4) is 5.75 Å². The number of halogens is 1. The first-order valence-electron chi connectivity index (χ1n) is 5.85. The normalized spacial score (nSPS) is 12.5. The monoisotopic (exact) mass is 380 g/mol. The highest BCUT2D eigenvalue weighted by atomic mass is 127. The van der Waals surface area contributed by atoms with Crippen LogP contribution in [0.1, 0.15) is 24.2 Å². The molecule has 1 aromatic rings. The van der Waals surface area contributed by atoms with E-state index in [1.54, 1.807) is 6.07 Å². The van der Waals surface area contributed by atoms with Crippen molar-refractivity contribution in [1.82, 2.24) is 0 Å². The van der Waals surface area contributed by atoms with E-state index in [2.05, 4.69) is 0 Å². The summed E-state index contributed by atoms with van der Waals surface area (Å²) in [6, 6.07) is 4.62. The minimum absolute atomic E-state index is 0.0464. The molecule has 2 N–H and O–H groups in total. The molecule has 106 valence electrons. The minimum Gasteiger partial charge on any atom is -0.490 e. The van der Waals surface area contributed by atoms with Crippen LogP contribution < -0.4 is 4.74 Å². The second kappa shape index (κ2) is 7.66. The van der Waals surface area contributed by atoms with Gasteiger partial charge in [0.2, 0.25) is 0 Å². The summed E-state index contributed by atoms with van der Waals surface area (Å²) in [7, 11) is 0. The van der Waals surface area contributed by atoms with Gasteiger partial charge in [0.05, 0.1) is 21.8 Å². The molecule has 1 unspecified atom stereocenters. The molecule has 0 radical (unpaired) electrons. The molecule has 0 aromatic heterocycles. The Labute approximate surface area is 125 Å². The van der Waals surface area contributed by atoms with E-state index in [0.717, 1.165) is 3.57 Å². The van der Waals surface area contributed by atoms with Crippen molar-refractivity contribution >= 4 is 28.6 Å². The Morgan fingerprint density at radius 1 is 1.37 bits per heavy atom.